The van der Waals surface area contributed by atoms with Gasteiger partial charge in [-0.1, -0.05) is 24.3 Å². The second-order valence-corrected chi connectivity index (χ2v) is 10.4. The maximum Gasteiger partial charge on any atom is 0.241 e. The average molecular weight is 541 g/mol. The fourth-order valence-corrected chi connectivity index (χ4v) is 4.54. The number of likely N-dealkylation sites (tertiary alicyclic amines) is 1. The van der Waals surface area contributed by atoms with E-state index < -0.39 is 10.0 Å². The van der Waals surface area contributed by atoms with Crippen molar-refractivity contribution in [3.05, 3.63) is 63.2 Å². The van der Waals surface area contributed by atoms with Crippen molar-refractivity contribution >= 4 is 50.1 Å². The molecule has 0 spiro atoms. The third-order valence-electron chi connectivity index (χ3n) is 4.83. The van der Waals surface area contributed by atoms with Crippen LogP contribution in [0.4, 0.5) is 5.69 Å². The van der Waals surface area contributed by atoms with Crippen LogP contribution in [0.15, 0.2) is 48.5 Å². The Morgan fingerprint density at radius 2 is 1.87 bits per heavy atom. The molecule has 3 rings (SSSR count). The van der Waals surface area contributed by atoms with E-state index in [2.05, 4.69) is 27.9 Å². The van der Waals surface area contributed by atoms with Gasteiger partial charge in [0.2, 0.25) is 21.8 Å². The highest BCUT2D eigenvalue weighted by Crippen LogP contribution is 2.19. The van der Waals surface area contributed by atoms with E-state index in [1.807, 2.05) is 29.2 Å². The molecule has 0 unspecified atom stereocenters. The third kappa shape index (κ3) is 6.18. The maximum atomic E-state index is 12.4. The first-order valence-electron chi connectivity index (χ1n) is 9.58. The molecule has 1 saturated heterocycles. The van der Waals surface area contributed by atoms with E-state index in [-0.39, 0.29) is 24.9 Å². The normalized spacial score (nSPS) is 14.1. The standard InChI is InChI=1S/C21H24IN3O4S/c1-30(28,29)25(19-9-7-18(22)8-10-19)15-20(26)23-13-16-4-2-5-17(12-16)14-24-11-3-6-21(24)27/h2,4-5,7-10,12H,3,6,11,13-15H2,1H3,(H,23,26). The molecule has 0 radical (unpaired) electrons. The summed E-state index contributed by atoms with van der Waals surface area (Å²) < 4.78 is 26.4. The first kappa shape index (κ1) is 22.5. The molecule has 1 heterocycles. The largest absolute Gasteiger partial charge is 0.350 e. The number of hydrogen-bond acceptors (Lipinski definition) is 4. The summed E-state index contributed by atoms with van der Waals surface area (Å²) in [5.41, 5.74) is 2.35. The monoisotopic (exact) mass is 541 g/mol. The van der Waals surface area contributed by atoms with Crippen LogP contribution in [0.2, 0.25) is 0 Å². The number of anilines is 1. The Balaban J connectivity index is 1.61. The van der Waals surface area contributed by atoms with Crippen LogP contribution in [0.5, 0.6) is 0 Å². The fraction of sp³-hybridized carbons (Fsp3) is 0.333. The molecule has 0 aromatic heterocycles. The molecule has 0 aliphatic carbocycles. The lowest BCUT2D eigenvalue weighted by Crippen LogP contribution is -2.40. The number of halogens is 1. The van der Waals surface area contributed by atoms with E-state index in [4.69, 9.17) is 0 Å². The Morgan fingerprint density at radius 1 is 1.17 bits per heavy atom. The molecule has 30 heavy (non-hydrogen) atoms. The van der Waals surface area contributed by atoms with E-state index in [9.17, 15) is 18.0 Å². The van der Waals surface area contributed by atoms with Gasteiger partial charge in [0.15, 0.2) is 0 Å². The summed E-state index contributed by atoms with van der Waals surface area (Å²) in [6, 6.07) is 14.6. The second-order valence-electron chi connectivity index (χ2n) is 7.26. The highest BCUT2D eigenvalue weighted by Gasteiger charge is 2.21. The number of amides is 2. The summed E-state index contributed by atoms with van der Waals surface area (Å²) in [7, 11) is -3.60. The van der Waals surface area contributed by atoms with E-state index in [0.717, 1.165) is 38.2 Å². The lowest BCUT2D eigenvalue weighted by atomic mass is 10.1. The minimum atomic E-state index is -3.60. The van der Waals surface area contributed by atoms with Crippen molar-refractivity contribution in [3.8, 4) is 0 Å². The second kappa shape index (κ2) is 9.78. The minimum Gasteiger partial charge on any atom is -0.350 e. The number of hydrogen-bond donors (Lipinski definition) is 1. The van der Waals surface area contributed by atoms with Crippen molar-refractivity contribution in [1.82, 2.24) is 10.2 Å². The van der Waals surface area contributed by atoms with E-state index in [1.54, 1.807) is 24.3 Å². The van der Waals surface area contributed by atoms with Crippen LogP contribution in [-0.2, 0) is 32.7 Å². The summed E-state index contributed by atoms with van der Waals surface area (Å²) in [5.74, 6) is -0.218. The Kier molecular flexibility index (Phi) is 7.35. The van der Waals surface area contributed by atoms with Crippen LogP contribution in [-0.4, -0.2) is 44.5 Å². The first-order chi connectivity index (χ1) is 14.2. The number of carbonyl (C=O) groups is 2. The molecule has 2 aromatic carbocycles. The SMILES string of the molecule is CS(=O)(=O)N(CC(=O)NCc1cccc(CN2CCCC2=O)c1)c1ccc(I)cc1. The van der Waals surface area contributed by atoms with Crippen molar-refractivity contribution in [3.63, 3.8) is 0 Å². The predicted octanol–water partition coefficient (Wildman–Crippen LogP) is 2.50. The number of benzene rings is 2. The zero-order valence-electron chi connectivity index (χ0n) is 16.7. The van der Waals surface area contributed by atoms with Gasteiger partial charge in [-0.15, -0.1) is 0 Å². The summed E-state index contributed by atoms with van der Waals surface area (Å²) in [6.07, 6.45) is 2.58. The predicted molar refractivity (Wildman–Crippen MR) is 124 cm³/mol. The molecule has 1 aliphatic rings. The van der Waals surface area contributed by atoms with Gasteiger partial charge in [0.05, 0.1) is 11.9 Å². The van der Waals surface area contributed by atoms with Crippen LogP contribution < -0.4 is 9.62 Å². The van der Waals surface area contributed by atoms with Gasteiger partial charge >= 0.3 is 0 Å². The van der Waals surface area contributed by atoms with Gasteiger partial charge in [-0.3, -0.25) is 13.9 Å². The van der Waals surface area contributed by atoms with E-state index >= 15 is 0 Å². The highest BCUT2D eigenvalue weighted by molar-refractivity contribution is 14.1. The topological polar surface area (TPSA) is 86.8 Å². The fourth-order valence-electron chi connectivity index (χ4n) is 3.32. The molecule has 7 nitrogen and oxygen atoms in total. The number of rotatable bonds is 8. The lowest BCUT2D eigenvalue weighted by Gasteiger charge is -2.22. The molecule has 0 saturated carbocycles. The van der Waals surface area contributed by atoms with Gasteiger partial charge in [0, 0.05) is 29.6 Å². The molecule has 2 aromatic rings. The quantitative estimate of drug-likeness (QED) is 0.521. The smallest absolute Gasteiger partial charge is 0.241 e. The molecule has 2 amide bonds. The van der Waals surface area contributed by atoms with Crippen molar-refractivity contribution in [2.24, 2.45) is 0 Å². The van der Waals surface area contributed by atoms with E-state index in [1.165, 1.54) is 0 Å². The van der Waals surface area contributed by atoms with Crippen LogP contribution in [0, 0.1) is 3.57 Å². The van der Waals surface area contributed by atoms with Gasteiger partial charge in [-0.05, 0) is 64.4 Å². The van der Waals surface area contributed by atoms with Crippen molar-refractivity contribution in [2.45, 2.75) is 25.9 Å². The molecular formula is C21H24IN3O4S. The van der Waals surface area contributed by atoms with Gasteiger partial charge in [-0.2, -0.15) is 0 Å². The average Bonchev–Trinajstić information content (AvgIpc) is 3.09. The van der Waals surface area contributed by atoms with Crippen LogP contribution >= 0.6 is 22.6 Å². The Bertz CT molecular complexity index is 1020. The van der Waals surface area contributed by atoms with Gasteiger partial charge in [0.25, 0.3) is 0 Å². The van der Waals surface area contributed by atoms with Crippen LogP contribution in [0.3, 0.4) is 0 Å². The molecule has 0 atom stereocenters. The number of sulfonamides is 1. The summed E-state index contributed by atoms with van der Waals surface area (Å²) in [6.45, 7) is 1.33. The van der Waals surface area contributed by atoms with Crippen LogP contribution in [0.25, 0.3) is 0 Å². The molecular weight excluding hydrogens is 517 g/mol. The molecule has 1 aliphatic heterocycles. The molecule has 160 valence electrons. The maximum absolute atomic E-state index is 12.4. The molecule has 9 heteroatoms. The molecule has 1 fully saturated rings. The zero-order chi connectivity index (χ0) is 21.7. The Hall–Kier alpha value is -2.14. The highest BCUT2D eigenvalue weighted by atomic mass is 127. The van der Waals surface area contributed by atoms with E-state index in [0.29, 0.717) is 18.7 Å². The summed E-state index contributed by atoms with van der Waals surface area (Å²) in [5, 5.41) is 2.79. The molecule has 0 bridgehead atoms. The lowest BCUT2D eigenvalue weighted by molar-refractivity contribution is -0.128. The zero-order valence-corrected chi connectivity index (χ0v) is 19.6. The van der Waals surface area contributed by atoms with Crippen molar-refractivity contribution in [2.75, 3.05) is 23.7 Å². The summed E-state index contributed by atoms with van der Waals surface area (Å²) in [4.78, 5) is 26.1. The Morgan fingerprint density at radius 3 is 2.50 bits per heavy atom. The van der Waals surface area contributed by atoms with Crippen molar-refractivity contribution < 1.29 is 18.0 Å². The van der Waals surface area contributed by atoms with Gasteiger partial charge in [0.1, 0.15) is 6.54 Å². The Labute approximate surface area is 190 Å². The first-order valence-corrected chi connectivity index (χ1v) is 12.5. The minimum absolute atomic E-state index is 0.171. The van der Waals surface area contributed by atoms with Gasteiger partial charge in [-0.25, -0.2) is 8.42 Å². The number of nitrogens with one attached hydrogen (secondary N) is 1. The number of carbonyl (C=O) groups excluding carboxylic acids is 2. The molecule has 1 N–H and O–H groups in total. The van der Waals surface area contributed by atoms with Gasteiger partial charge < -0.3 is 10.2 Å². The number of nitrogens with zero attached hydrogens (tertiary/aromatic N) is 2. The van der Waals surface area contributed by atoms with Crippen LogP contribution in [0.1, 0.15) is 24.0 Å². The summed E-state index contributed by atoms with van der Waals surface area (Å²) >= 11 is 2.14. The third-order valence-corrected chi connectivity index (χ3v) is 6.69. The van der Waals surface area contributed by atoms with Crippen molar-refractivity contribution in [1.29, 1.82) is 0 Å².